The van der Waals surface area contributed by atoms with Crippen molar-refractivity contribution in [3.8, 4) is 0 Å². The van der Waals surface area contributed by atoms with E-state index in [1.807, 2.05) is 6.08 Å². The lowest BCUT2D eigenvalue weighted by atomic mass is 10.0. The second-order valence-corrected chi connectivity index (χ2v) is 14.4. The molecule has 0 aromatic rings. The van der Waals surface area contributed by atoms with E-state index in [1.54, 1.807) is 6.08 Å². The van der Waals surface area contributed by atoms with Crippen molar-refractivity contribution in [3.05, 3.63) is 12.2 Å². The van der Waals surface area contributed by atoms with Crippen molar-refractivity contribution in [3.63, 3.8) is 0 Å². The lowest BCUT2D eigenvalue weighted by Gasteiger charge is -2.24. The van der Waals surface area contributed by atoms with Gasteiger partial charge < -0.3 is 26.2 Å². The van der Waals surface area contributed by atoms with Gasteiger partial charge in [0.2, 0.25) is 5.91 Å². The summed E-state index contributed by atoms with van der Waals surface area (Å²) < 4.78 is 21.9. The topological polar surface area (TPSA) is 151 Å². The molecule has 46 heavy (non-hydrogen) atoms. The molecule has 0 fully saturated rings. The summed E-state index contributed by atoms with van der Waals surface area (Å²) in [5, 5.41) is 23.8. The summed E-state index contributed by atoms with van der Waals surface area (Å²) in [6.07, 6.45) is 30.2. The van der Waals surface area contributed by atoms with Crippen molar-refractivity contribution in [2.24, 2.45) is 5.73 Å². The van der Waals surface area contributed by atoms with Crippen LogP contribution in [-0.4, -0.2) is 59.0 Å². The summed E-state index contributed by atoms with van der Waals surface area (Å²) in [5.74, 6) is -0.448. The van der Waals surface area contributed by atoms with Crippen LogP contribution in [0.5, 0.6) is 0 Å². The molecule has 0 radical (unpaired) electrons. The van der Waals surface area contributed by atoms with Crippen LogP contribution in [0.3, 0.4) is 0 Å². The molecule has 0 rings (SSSR count). The van der Waals surface area contributed by atoms with Gasteiger partial charge in [0.05, 0.1) is 37.9 Å². The van der Waals surface area contributed by atoms with E-state index in [0.29, 0.717) is 6.42 Å². The summed E-state index contributed by atoms with van der Waals surface area (Å²) in [7, 11) is -4.38. The van der Waals surface area contributed by atoms with Crippen LogP contribution in [0, 0.1) is 0 Å². The number of aliphatic hydroxyl groups is 2. The molecule has 274 valence electrons. The van der Waals surface area contributed by atoms with Gasteiger partial charge in [-0.2, -0.15) is 0 Å². The van der Waals surface area contributed by atoms with Crippen LogP contribution < -0.4 is 11.1 Å². The van der Waals surface area contributed by atoms with Crippen LogP contribution in [0.2, 0.25) is 0 Å². The summed E-state index contributed by atoms with van der Waals surface area (Å²) in [5.41, 5.74) is 5.34. The highest BCUT2D eigenvalue weighted by atomic mass is 31.2. The molecule has 0 heterocycles. The molecule has 4 unspecified atom stereocenters. The number of rotatable bonds is 35. The molecule has 0 aliphatic rings. The van der Waals surface area contributed by atoms with Gasteiger partial charge >= 0.3 is 7.82 Å². The van der Waals surface area contributed by atoms with Crippen molar-refractivity contribution < 1.29 is 33.5 Å². The molecule has 0 bridgehead atoms. The number of amides is 1. The number of nitrogens with two attached hydrogens (primary N) is 1. The SMILES string of the molecule is CCCCCCCCCCCCCCCC/C=C/C(O)C(COP(=O)(O)OCCN)NC(=O)CC(O)CCCCCCCCCC. The fourth-order valence-corrected chi connectivity index (χ4v) is 6.29. The Morgan fingerprint density at radius 1 is 0.739 bits per heavy atom. The molecular weight excluding hydrogens is 603 g/mol. The van der Waals surface area contributed by atoms with E-state index in [4.69, 9.17) is 14.8 Å². The molecule has 4 atom stereocenters. The second-order valence-electron chi connectivity index (χ2n) is 13.0. The Balaban J connectivity index is 4.41. The van der Waals surface area contributed by atoms with Gasteiger partial charge in [-0.1, -0.05) is 161 Å². The van der Waals surface area contributed by atoms with Crippen molar-refractivity contribution in [2.45, 2.75) is 193 Å². The number of nitrogens with one attached hydrogen (secondary N) is 1. The smallest absolute Gasteiger partial charge is 0.393 e. The maximum atomic E-state index is 12.7. The van der Waals surface area contributed by atoms with E-state index in [0.717, 1.165) is 38.5 Å². The van der Waals surface area contributed by atoms with Crippen LogP contribution in [0.1, 0.15) is 174 Å². The normalized spacial score (nSPS) is 15.2. The monoisotopic (exact) mass is 677 g/mol. The van der Waals surface area contributed by atoms with Gasteiger partial charge in [0.1, 0.15) is 0 Å². The predicted molar refractivity (Wildman–Crippen MR) is 191 cm³/mol. The Morgan fingerprint density at radius 3 is 1.67 bits per heavy atom. The number of aliphatic hydroxyl groups excluding tert-OH is 2. The fourth-order valence-electron chi connectivity index (χ4n) is 5.53. The molecule has 0 aliphatic carbocycles. The van der Waals surface area contributed by atoms with Gasteiger partial charge in [0.15, 0.2) is 0 Å². The first-order chi connectivity index (χ1) is 22.3. The van der Waals surface area contributed by atoms with Crippen LogP contribution >= 0.6 is 7.82 Å². The number of hydrogen-bond acceptors (Lipinski definition) is 7. The Labute approximate surface area is 282 Å². The number of hydrogen-bond donors (Lipinski definition) is 5. The molecule has 0 spiro atoms. The van der Waals surface area contributed by atoms with Gasteiger partial charge in [-0.3, -0.25) is 13.8 Å². The minimum atomic E-state index is -4.38. The average molecular weight is 677 g/mol. The highest BCUT2D eigenvalue weighted by Crippen LogP contribution is 2.43. The van der Waals surface area contributed by atoms with Crippen LogP contribution in [0.25, 0.3) is 0 Å². The van der Waals surface area contributed by atoms with E-state index in [1.165, 1.54) is 109 Å². The van der Waals surface area contributed by atoms with E-state index >= 15 is 0 Å². The largest absolute Gasteiger partial charge is 0.472 e. The van der Waals surface area contributed by atoms with Crippen LogP contribution in [-0.2, 0) is 18.4 Å². The maximum absolute atomic E-state index is 12.7. The maximum Gasteiger partial charge on any atom is 0.472 e. The number of unbranched alkanes of at least 4 members (excludes halogenated alkanes) is 21. The molecule has 0 aromatic heterocycles. The molecule has 6 N–H and O–H groups in total. The van der Waals surface area contributed by atoms with Crippen LogP contribution in [0.4, 0.5) is 0 Å². The Kier molecular flexibility index (Phi) is 32.2. The highest BCUT2D eigenvalue weighted by molar-refractivity contribution is 7.47. The zero-order chi connectivity index (χ0) is 34.1. The zero-order valence-electron chi connectivity index (χ0n) is 29.7. The number of carbonyl (C=O) groups excluding carboxylic acids is 1. The number of allylic oxidation sites excluding steroid dienone is 1. The van der Waals surface area contributed by atoms with Crippen LogP contribution in [0.15, 0.2) is 12.2 Å². The molecule has 9 nitrogen and oxygen atoms in total. The molecular formula is C36H73N2O7P. The highest BCUT2D eigenvalue weighted by Gasteiger charge is 2.27. The van der Waals surface area contributed by atoms with Gasteiger partial charge in [0.25, 0.3) is 0 Å². The Bertz CT molecular complexity index is 756. The Morgan fingerprint density at radius 2 is 1.20 bits per heavy atom. The number of phosphoric ester groups is 1. The number of carbonyl (C=O) groups is 1. The third kappa shape index (κ3) is 30.5. The summed E-state index contributed by atoms with van der Waals surface area (Å²) in [4.78, 5) is 22.6. The van der Waals surface area contributed by atoms with Gasteiger partial charge in [-0.05, 0) is 19.3 Å². The minimum Gasteiger partial charge on any atom is -0.393 e. The van der Waals surface area contributed by atoms with E-state index < -0.39 is 38.6 Å². The van der Waals surface area contributed by atoms with E-state index in [9.17, 15) is 24.5 Å². The fraction of sp³-hybridized carbons (Fsp3) is 0.917. The molecule has 0 saturated carbocycles. The van der Waals surface area contributed by atoms with Gasteiger partial charge in [0, 0.05) is 6.54 Å². The summed E-state index contributed by atoms with van der Waals surface area (Å²) in [6.45, 7) is 3.93. The van der Waals surface area contributed by atoms with Crippen molar-refractivity contribution in [2.75, 3.05) is 19.8 Å². The zero-order valence-corrected chi connectivity index (χ0v) is 30.6. The second kappa shape index (κ2) is 32.7. The Hall–Kier alpha value is -0.800. The molecule has 1 amide bonds. The van der Waals surface area contributed by atoms with Gasteiger partial charge in [-0.15, -0.1) is 0 Å². The minimum absolute atomic E-state index is 0.0510. The summed E-state index contributed by atoms with van der Waals surface area (Å²) in [6, 6.07) is -0.975. The lowest BCUT2D eigenvalue weighted by molar-refractivity contribution is -0.124. The van der Waals surface area contributed by atoms with Crippen molar-refractivity contribution in [1.29, 1.82) is 0 Å². The van der Waals surface area contributed by atoms with Crippen molar-refractivity contribution in [1.82, 2.24) is 5.32 Å². The van der Waals surface area contributed by atoms with E-state index in [2.05, 4.69) is 19.2 Å². The molecule has 0 saturated heterocycles. The lowest BCUT2D eigenvalue weighted by Crippen LogP contribution is -2.46. The predicted octanol–water partition coefficient (Wildman–Crippen LogP) is 8.63. The van der Waals surface area contributed by atoms with Gasteiger partial charge in [-0.25, -0.2) is 4.57 Å². The molecule has 10 heteroatoms. The summed E-state index contributed by atoms with van der Waals surface area (Å²) >= 11 is 0. The first-order valence-electron chi connectivity index (χ1n) is 18.9. The quantitative estimate of drug-likeness (QED) is 0.0254. The van der Waals surface area contributed by atoms with Crippen molar-refractivity contribution >= 4 is 13.7 Å². The molecule has 0 aliphatic heterocycles. The molecule has 0 aromatic carbocycles. The first kappa shape index (κ1) is 45.2. The number of phosphoric acid groups is 1. The third-order valence-corrected chi connectivity index (χ3v) is 9.40. The first-order valence-corrected chi connectivity index (χ1v) is 20.4. The van der Waals surface area contributed by atoms with E-state index in [-0.39, 0.29) is 19.6 Å². The third-order valence-electron chi connectivity index (χ3n) is 8.42. The average Bonchev–Trinajstić information content (AvgIpc) is 3.03. The standard InChI is InChI=1S/C36H73N2O7P/c1-3-5-7-9-11-13-14-15-16-17-18-19-20-22-24-26-28-35(40)34(32-45-46(42,43)44-30-29-37)38-36(41)31-33(39)27-25-23-21-12-10-8-6-4-2/h26,28,33-35,39-40H,3-25,27,29-32,37H2,1-2H3,(H,38,41)(H,42,43)/b28-26+.